The van der Waals surface area contributed by atoms with Gasteiger partial charge in [0.15, 0.2) is 12.6 Å². The molecule has 19 heavy (non-hydrogen) atoms. The van der Waals surface area contributed by atoms with Crippen molar-refractivity contribution >= 4 is 0 Å². The van der Waals surface area contributed by atoms with Crippen LogP contribution in [0.1, 0.15) is 18.8 Å². The Kier molecular flexibility index (Phi) is 3.56. The minimum atomic E-state index is -0.975. The fraction of sp³-hybridized carbons (Fsp3) is 0.571. The van der Waals surface area contributed by atoms with E-state index in [1.807, 2.05) is 30.3 Å². The Morgan fingerprint density at radius 1 is 1.11 bits per heavy atom. The van der Waals surface area contributed by atoms with Gasteiger partial charge in [0.05, 0.1) is 12.7 Å². The van der Waals surface area contributed by atoms with Crippen molar-refractivity contribution in [2.24, 2.45) is 5.92 Å². The van der Waals surface area contributed by atoms with Gasteiger partial charge in [0, 0.05) is 11.5 Å². The van der Waals surface area contributed by atoms with Gasteiger partial charge in [-0.2, -0.15) is 0 Å². The van der Waals surface area contributed by atoms with Crippen LogP contribution in [0.25, 0.3) is 0 Å². The molecule has 0 aromatic heterocycles. The molecular weight excluding hydrogens is 248 g/mol. The quantitative estimate of drug-likeness (QED) is 0.787. The molecular formula is C14H18O5. The van der Waals surface area contributed by atoms with Crippen molar-refractivity contribution in [3.8, 4) is 0 Å². The van der Waals surface area contributed by atoms with E-state index in [-0.39, 0.29) is 5.92 Å². The Balaban J connectivity index is 1.75. The van der Waals surface area contributed by atoms with Crippen LogP contribution >= 0.6 is 0 Å². The first-order valence-electron chi connectivity index (χ1n) is 6.50. The molecule has 2 aliphatic rings. The molecule has 0 radical (unpaired) electrons. The zero-order chi connectivity index (χ0) is 13.4. The predicted molar refractivity (Wildman–Crippen MR) is 66.1 cm³/mol. The maximum Gasteiger partial charge on any atom is 0.184 e. The number of benzene rings is 1. The monoisotopic (exact) mass is 266 g/mol. The Labute approximate surface area is 111 Å². The van der Waals surface area contributed by atoms with Gasteiger partial charge in [-0.25, -0.2) is 0 Å². The smallest absolute Gasteiger partial charge is 0.184 e. The molecule has 104 valence electrons. The highest BCUT2D eigenvalue weighted by atomic mass is 16.7. The van der Waals surface area contributed by atoms with E-state index in [0.717, 1.165) is 5.56 Å². The topological polar surface area (TPSA) is 68.2 Å². The Morgan fingerprint density at radius 3 is 2.58 bits per heavy atom. The lowest BCUT2D eigenvalue weighted by Crippen LogP contribution is -2.58. The standard InChI is InChI=1S/C14H18O5/c1-8-11(15)12-10(18-13(8)16)7-17-14(19-12)9-5-3-2-4-6-9/h2-6,8,10-16H,7H2,1H3/t8?,10?,11?,12-,13-,14?/m0/s1. The zero-order valence-electron chi connectivity index (χ0n) is 10.7. The van der Waals surface area contributed by atoms with Gasteiger partial charge in [-0.1, -0.05) is 37.3 Å². The van der Waals surface area contributed by atoms with Crippen molar-refractivity contribution in [2.75, 3.05) is 6.61 Å². The van der Waals surface area contributed by atoms with Crippen LogP contribution < -0.4 is 0 Å². The molecule has 0 amide bonds. The Bertz CT molecular complexity index is 421. The molecule has 3 rings (SSSR count). The first-order chi connectivity index (χ1) is 9.16. The molecule has 5 heteroatoms. The van der Waals surface area contributed by atoms with E-state index in [9.17, 15) is 10.2 Å². The lowest BCUT2D eigenvalue weighted by molar-refractivity contribution is -0.345. The van der Waals surface area contributed by atoms with Crippen LogP contribution in [-0.2, 0) is 14.2 Å². The summed E-state index contributed by atoms with van der Waals surface area (Å²) in [5.74, 6) is -0.379. The van der Waals surface area contributed by atoms with Gasteiger partial charge in [0.2, 0.25) is 0 Å². The molecule has 0 aliphatic carbocycles. The molecule has 1 aromatic rings. The number of hydrogen-bond donors (Lipinski definition) is 2. The SMILES string of the molecule is CC1C(O)[C@H]2OC(c3ccccc3)OCC2O[C@@H]1O. The van der Waals surface area contributed by atoms with E-state index >= 15 is 0 Å². The average Bonchev–Trinajstić information content (AvgIpc) is 2.46. The van der Waals surface area contributed by atoms with E-state index in [2.05, 4.69) is 0 Å². The minimum absolute atomic E-state index is 0.297. The summed E-state index contributed by atoms with van der Waals surface area (Å²) in [5.41, 5.74) is 0.909. The highest BCUT2D eigenvalue weighted by Crippen LogP contribution is 2.35. The van der Waals surface area contributed by atoms with Crippen molar-refractivity contribution in [2.45, 2.75) is 37.8 Å². The molecule has 0 bridgehead atoms. The normalized spacial score (nSPS) is 42.7. The van der Waals surface area contributed by atoms with Crippen molar-refractivity contribution in [3.05, 3.63) is 35.9 Å². The number of rotatable bonds is 1. The fourth-order valence-corrected chi connectivity index (χ4v) is 2.52. The second kappa shape index (κ2) is 5.19. The molecule has 0 spiro atoms. The molecule has 4 unspecified atom stereocenters. The van der Waals surface area contributed by atoms with Gasteiger partial charge in [-0.05, 0) is 0 Å². The number of hydrogen-bond acceptors (Lipinski definition) is 5. The van der Waals surface area contributed by atoms with Gasteiger partial charge in [0.25, 0.3) is 0 Å². The number of aliphatic hydroxyl groups excluding tert-OH is 2. The number of aliphatic hydroxyl groups is 2. The van der Waals surface area contributed by atoms with E-state index in [4.69, 9.17) is 14.2 Å². The molecule has 2 heterocycles. The molecule has 5 nitrogen and oxygen atoms in total. The lowest BCUT2D eigenvalue weighted by Gasteiger charge is -2.45. The molecule has 2 aliphatic heterocycles. The van der Waals surface area contributed by atoms with Crippen LogP contribution in [0.5, 0.6) is 0 Å². The van der Waals surface area contributed by atoms with Gasteiger partial charge in [0.1, 0.15) is 12.2 Å². The van der Waals surface area contributed by atoms with Gasteiger partial charge < -0.3 is 24.4 Å². The van der Waals surface area contributed by atoms with Crippen molar-refractivity contribution in [1.82, 2.24) is 0 Å². The first kappa shape index (κ1) is 13.0. The van der Waals surface area contributed by atoms with Crippen LogP contribution in [0.15, 0.2) is 30.3 Å². The zero-order valence-corrected chi connectivity index (χ0v) is 10.7. The van der Waals surface area contributed by atoms with E-state index in [1.165, 1.54) is 0 Å². The Morgan fingerprint density at radius 2 is 1.84 bits per heavy atom. The third-order valence-electron chi connectivity index (χ3n) is 3.77. The van der Waals surface area contributed by atoms with Gasteiger partial charge in [-0.15, -0.1) is 0 Å². The third-order valence-corrected chi connectivity index (χ3v) is 3.77. The van der Waals surface area contributed by atoms with Crippen molar-refractivity contribution in [1.29, 1.82) is 0 Å². The highest BCUT2D eigenvalue weighted by molar-refractivity contribution is 5.16. The van der Waals surface area contributed by atoms with Crippen molar-refractivity contribution < 1.29 is 24.4 Å². The molecule has 2 saturated heterocycles. The van der Waals surface area contributed by atoms with Gasteiger partial charge >= 0.3 is 0 Å². The molecule has 1 aromatic carbocycles. The second-order valence-corrected chi connectivity index (χ2v) is 5.09. The van der Waals surface area contributed by atoms with Crippen LogP contribution in [0.3, 0.4) is 0 Å². The van der Waals surface area contributed by atoms with Crippen LogP contribution in [-0.4, -0.2) is 41.4 Å². The summed E-state index contributed by atoms with van der Waals surface area (Å²) < 4.78 is 16.8. The summed E-state index contributed by atoms with van der Waals surface area (Å²) in [6, 6.07) is 9.58. The minimum Gasteiger partial charge on any atom is -0.390 e. The largest absolute Gasteiger partial charge is 0.390 e. The number of ether oxygens (including phenoxy) is 3. The summed E-state index contributed by atoms with van der Waals surface area (Å²) in [7, 11) is 0. The van der Waals surface area contributed by atoms with E-state index in [0.29, 0.717) is 6.61 Å². The maximum atomic E-state index is 10.2. The van der Waals surface area contributed by atoms with E-state index < -0.39 is 30.9 Å². The van der Waals surface area contributed by atoms with Crippen LogP contribution in [0.2, 0.25) is 0 Å². The summed E-state index contributed by atoms with van der Waals surface area (Å²) in [6.07, 6.45) is -3.14. The molecule has 0 saturated carbocycles. The summed E-state index contributed by atoms with van der Waals surface area (Å²) in [5, 5.41) is 19.9. The number of fused-ring (bicyclic) bond motifs is 1. The van der Waals surface area contributed by atoms with Crippen LogP contribution in [0, 0.1) is 5.92 Å². The average molecular weight is 266 g/mol. The third kappa shape index (κ3) is 2.40. The van der Waals surface area contributed by atoms with Crippen LogP contribution in [0.4, 0.5) is 0 Å². The summed E-state index contributed by atoms with van der Waals surface area (Å²) in [6.45, 7) is 2.03. The molecule has 2 fully saturated rings. The summed E-state index contributed by atoms with van der Waals surface area (Å²) in [4.78, 5) is 0. The predicted octanol–water partition coefficient (Wildman–Crippen LogP) is 0.815. The highest BCUT2D eigenvalue weighted by Gasteiger charge is 2.47. The lowest BCUT2D eigenvalue weighted by atomic mass is 9.92. The Hall–Kier alpha value is -0.980. The second-order valence-electron chi connectivity index (χ2n) is 5.09. The van der Waals surface area contributed by atoms with Crippen molar-refractivity contribution in [3.63, 3.8) is 0 Å². The van der Waals surface area contributed by atoms with Gasteiger partial charge in [-0.3, -0.25) is 0 Å². The summed E-state index contributed by atoms with van der Waals surface area (Å²) >= 11 is 0. The van der Waals surface area contributed by atoms with E-state index in [1.54, 1.807) is 6.92 Å². The molecule has 6 atom stereocenters. The fourth-order valence-electron chi connectivity index (χ4n) is 2.52. The molecule has 2 N–H and O–H groups in total. The first-order valence-corrected chi connectivity index (χ1v) is 6.50. The maximum absolute atomic E-state index is 10.2.